The lowest BCUT2D eigenvalue weighted by atomic mass is 10.0. The van der Waals surface area contributed by atoms with Gasteiger partial charge in [0.2, 0.25) is 11.8 Å². The normalized spacial score (nSPS) is 12.3. The van der Waals surface area contributed by atoms with E-state index in [1.807, 2.05) is 13.8 Å². The van der Waals surface area contributed by atoms with E-state index in [2.05, 4.69) is 10.6 Å². The van der Waals surface area contributed by atoms with Crippen molar-refractivity contribution in [3.05, 3.63) is 30.2 Å². The van der Waals surface area contributed by atoms with Crippen molar-refractivity contribution in [1.82, 2.24) is 10.6 Å². The SMILES string of the molecule is CC(C)C[C@H](NC(=O)CNC(=O)/C=C\c1ccco1)C(=O)O. The van der Waals surface area contributed by atoms with Crippen LogP contribution in [0.5, 0.6) is 0 Å². The highest BCUT2D eigenvalue weighted by Gasteiger charge is 2.20. The molecule has 0 saturated heterocycles. The molecule has 7 heteroatoms. The van der Waals surface area contributed by atoms with E-state index in [-0.39, 0.29) is 12.5 Å². The van der Waals surface area contributed by atoms with Gasteiger partial charge in [0.15, 0.2) is 0 Å². The lowest BCUT2D eigenvalue weighted by molar-refractivity contribution is -0.142. The Morgan fingerprint density at radius 1 is 1.36 bits per heavy atom. The summed E-state index contributed by atoms with van der Waals surface area (Å²) in [6.07, 6.45) is 4.50. The Bertz CT molecular complexity index is 534. The Balaban J connectivity index is 2.38. The maximum absolute atomic E-state index is 11.6. The van der Waals surface area contributed by atoms with Gasteiger partial charge < -0.3 is 20.2 Å². The van der Waals surface area contributed by atoms with Crippen LogP contribution in [0.25, 0.3) is 6.08 Å². The highest BCUT2D eigenvalue weighted by Crippen LogP contribution is 2.04. The Hall–Kier alpha value is -2.57. The number of nitrogens with one attached hydrogen (secondary N) is 2. The Morgan fingerprint density at radius 2 is 2.09 bits per heavy atom. The smallest absolute Gasteiger partial charge is 0.326 e. The molecular weight excluding hydrogens is 288 g/mol. The molecule has 0 aliphatic heterocycles. The van der Waals surface area contributed by atoms with Gasteiger partial charge in [0, 0.05) is 6.08 Å². The minimum Gasteiger partial charge on any atom is -0.480 e. The molecule has 1 atom stereocenters. The molecule has 1 rings (SSSR count). The molecule has 1 aromatic heterocycles. The van der Waals surface area contributed by atoms with E-state index < -0.39 is 23.8 Å². The molecule has 0 bridgehead atoms. The number of rotatable bonds is 8. The summed E-state index contributed by atoms with van der Waals surface area (Å²) in [4.78, 5) is 34.2. The lowest BCUT2D eigenvalue weighted by Crippen LogP contribution is -2.45. The maximum Gasteiger partial charge on any atom is 0.326 e. The topological polar surface area (TPSA) is 109 Å². The summed E-state index contributed by atoms with van der Waals surface area (Å²) in [6, 6.07) is 2.41. The number of hydrogen-bond acceptors (Lipinski definition) is 4. The van der Waals surface area contributed by atoms with Crippen LogP contribution in [0.15, 0.2) is 28.9 Å². The molecule has 7 nitrogen and oxygen atoms in total. The lowest BCUT2D eigenvalue weighted by Gasteiger charge is -2.16. The highest BCUT2D eigenvalue weighted by atomic mass is 16.4. The summed E-state index contributed by atoms with van der Waals surface area (Å²) < 4.78 is 5.01. The van der Waals surface area contributed by atoms with Crippen molar-refractivity contribution in [3.63, 3.8) is 0 Å². The van der Waals surface area contributed by atoms with E-state index in [1.54, 1.807) is 12.1 Å². The van der Waals surface area contributed by atoms with Gasteiger partial charge in [-0.1, -0.05) is 13.8 Å². The molecule has 0 saturated carbocycles. The van der Waals surface area contributed by atoms with E-state index in [9.17, 15) is 14.4 Å². The number of aliphatic carboxylic acids is 1. The second-order valence-electron chi connectivity index (χ2n) is 5.15. The van der Waals surface area contributed by atoms with Crippen LogP contribution in [-0.2, 0) is 14.4 Å². The monoisotopic (exact) mass is 308 g/mol. The first-order valence-electron chi connectivity index (χ1n) is 6.90. The van der Waals surface area contributed by atoms with Gasteiger partial charge >= 0.3 is 5.97 Å². The Morgan fingerprint density at radius 3 is 2.64 bits per heavy atom. The van der Waals surface area contributed by atoms with E-state index in [1.165, 1.54) is 18.4 Å². The summed E-state index contributed by atoms with van der Waals surface area (Å²) in [5.74, 6) is -1.46. The van der Waals surface area contributed by atoms with Gasteiger partial charge in [-0.25, -0.2) is 4.79 Å². The fourth-order valence-corrected chi connectivity index (χ4v) is 1.71. The second kappa shape index (κ2) is 8.66. The summed E-state index contributed by atoms with van der Waals surface area (Å²) in [5.41, 5.74) is 0. The third-order valence-electron chi connectivity index (χ3n) is 2.71. The summed E-state index contributed by atoms with van der Waals surface area (Å²) >= 11 is 0. The zero-order chi connectivity index (χ0) is 16.5. The molecule has 22 heavy (non-hydrogen) atoms. The van der Waals surface area contributed by atoms with Gasteiger partial charge in [-0.05, 0) is 30.5 Å². The third-order valence-corrected chi connectivity index (χ3v) is 2.71. The molecule has 0 fully saturated rings. The fourth-order valence-electron chi connectivity index (χ4n) is 1.71. The van der Waals surface area contributed by atoms with Crippen molar-refractivity contribution in [3.8, 4) is 0 Å². The number of carbonyl (C=O) groups excluding carboxylic acids is 2. The van der Waals surface area contributed by atoms with Crippen LogP contribution in [0.1, 0.15) is 26.0 Å². The van der Waals surface area contributed by atoms with Crippen LogP contribution in [0.3, 0.4) is 0 Å². The number of amides is 2. The largest absolute Gasteiger partial charge is 0.480 e. The quantitative estimate of drug-likeness (QED) is 0.621. The van der Waals surface area contributed by atoms with E-state index in [4.69, 9.17) is 9.52 Å². The Labute approximate surface area is 128 Å². The van der Waals surface area contributed by atoms with Gasteiger partial charge in [0.1, 0.15) is 11.8 Å². The number of hydrogen-bond donors (Lipinski definition) is 3. The number of furan rings is 1. The molecule has 0 unspecified atom stereocenters. The van der Waals surface area contributed by atoms with E-state index in [0.29, 0.717) is 12.2 Å². The second-order valence-corrected chi connectivity index (χ2v) is 5.15. The van der Waals surface area contributed by atoms with Crippen LogP contribution in [0, 0.1) is 5.92 Å². The van der Waals surface area contributed by atoms with Crippen molar-refractivity contribution in [2.45, 2.75) is 26.3 Å². The first-order valence-corrected chi connectivity index (χ1v) is 6.90. The van der Waals surface area contributed by atoms with E-state index >= 15 is 0 Å². The maximum atomic E-state index is 11.6. The van der Waals surface area contributed by atoms with E-state index in [0.717, 1.165) is 0 Å². The molecule has 0 spiro atoms. The average Bonchev–Trinajstić information content (AvgIpc) is 2.94. The van der Waals surface area contributed by atoms with Gasteiger partial charge in [-0.2, -0.15) is 0 Å². The minimum absolute atomic E-state index is 0.132. The standard InChI is InChI=1S/C15H20N2O5/c1-10(2)8-12(15(20)21)17-14(19)9-16-13(18)6-5-11-4-3-7-22-11/h3-7,10,12H,8-9H2,1-2H3,(H,16,18)(H,17,19)(H,20,21)/b6-5-/t12-/m0/s1. The van der Waals surface area contributed by atoms with Crippen LogP contribution in [0.2, 0.25) is 0 Å². The van der Waals surface area contributed by atoms with Crippen LogP contribution in [-0.4, -0.2) is 35.5 Å². The molecule has 120 valence electrons. The van der Waals surface area contributed by atoms with Crippen LogP contribution < -0.4 is 10.6 Å². The average molecular weight is 308 g/mol. The van der Waals surface area contributed by atoms with Crippen LogP contribution >= 0.6 is 0 Å². The number of carbonyl (C=O) groups is 3. The van der Waals surface area contributed by atoms with Crippen molar-refractivity contribution >= 4 is 23.9 Å². The summed E-state index contributed by atoms with van der Waals surface area (Å²) in [7, 11) is 0. The van der Waals surface area contributed by atoms with Crippen molar-refractivity contribution in [2.75, 3.05) is 6.54 Å². The third kappa shape index (κ3) is 6.74. The summed E-state index contributed by atoms with van der Waals surface area (Å²) in [5, 5.41) is 13.8. The molecule has 0 radical (unpaired) electrons. The first-order chi connectivity index (χ1) is 10.4. The van der Waals surface area contributed by atoms with Gasteiger partial charge in [0.25, 0.3) is 0 Å². The predicted octanol–water partition coefficient (Wildman–Crippen LogP) is 1.02. The molecule has 0 aliphatic carbocycles. The van der Waals surface area contributed by atoms with Crippen molar-refractivity contribution < 1.29 is 23.9 Å². The molecule has 0 aromatic carbocycles. The predicted molar refractivity (Wildman–Crippen MR) is 79.8 cm³/mol. The fraction of sp³-hybridized carbons (Fsp3) is 0.400. The van der Waals surface area contributed by atoms with Gasteiger partial charge in [0.05, 0.1) is 12.8 Å². The summed E-state index contributed by atoms with van der Waals surface area (Å²) in [6.45, 7) is 3.44. The zero-order valence-electron chi connectivity index (χ0n) is 12.5. The van der Waals surface area contributed by atoms with Crippen molar-refractivity contribution in [1.29, 1.82) is 0 Å². The molecule has 0 aliphatic rings. The zero-order valence-corrected chi connectivity index (χ0v) is 12.5. The molecule has 1 aromatic rings. The minimum atomic E-state index is -1.09. The number of carboxylic acids is 1. The molecule has 1 heterocycles. The van der Waals surface area contributed by atoms with Crippen molar-refractivity contribution in [2.24, 2.45) is 5.92 Å². The molecular formula is C15H20N2O5. The first kappa shape index (κ1) is 17.5. The molecule has 2 amide bonds. The van der Waals surface area contributed by atoms with Crippen LogP contribution in [0.4, 0.5) is 0 Å². The highest BCUT2D eigenvalue weighted by molar-refractivity contribution is 5.94. The Kier molecular flexibility index (Phi) is 6.88. The molecule has 3 N–H and O–H groups in total. The van der Waals surface area contributed by atoms with Gasteiger partial charge in [-0.15, -0.1) is 0 Å². The number of carboxylic acid groups (broad SMARTS) is 1. The van der Waals surface area contributed by atoms with Gasteiger partial charge in [-0.3, -0.25) is 9.59 Å².